The van der Waals surface area contributed by atoms with E-state index in [-0.39, 0.29) is 6.54 Å². The van der Waals surface area contributed by atoms with Gasteiger partial charge in [-0.15, -0.1) is 0 Å². The maximum absolute atomic E-state index is 14.0. The Labute approximate surface area is 400 Å². The van der Waals surface area contributed by atoms with Crippen LogP contribution in [0.5, 0.6) is 0 Å². The Morgan fingerprint density at radius 3 is 1.24 bits per heavy atom. The molecule has 0 aromatic rings. The number of likely N-dealkylation sites (tertiary alicyclic amines) is 1. The average Bonchev–Trinajstić information content (AvgIpc) is 3.86. The first-order valence-corrected chi connectivity index (χ1v) is 23.0. The second kappa shape index (κ2) is 20.6. The number of halogens is 4. The Bertz CT molecular complexity index is 1720. The van der Waals surface area contributed by atoms with Gasteiger partial charge in [0.2, 0.25) is 11.8 Å². The first-order chi connectivity index (χ1) is 28.6. The van der Waals surface area contributed by atoms with E-state index in [2.05, 4.69) is 63.7 Å². The van der Waals surface area contributed by atoms with E-state index in [1.807, 2.05) is 0 Å². The molecule has 0 aromatic heterocycles. The number of carbonyl (C=O) groups is 8. The van der Waals surface area contributed by atoms with Gasteiger partial charge in [-0.25, -0.2) is 0 Å². The molecule has 2 amide bonds. The molecule has 18 nitrogen and oxygen atoms in total. The molecule has 63 heavy (non-hydrogen) atoms. The second-order valence-electron chi connectivity index (χ2n) is 18.7. The minimum Gasteiger partial charge on any atom is -0.464 e. The van der Waals surface area contributed by atoms with Crippen molar-refractivity contribution in [2.75, 3.05) is 52.8 Å². The van der Waals surface area contributed by atoms with Crippen LogP contribution < -0.4 is 0 Å². The fraction of sp³-hybridized carbons (Fsp3) is 0.756. The summed E-state index contributed by atoms with van der Waals surface area (Å²) in [5, 5.41) is 11.5. The molecule has 0 radical (unpaired) electrons. The number of hydrogen-bond donors (Lipinski definition) is 1. The quantitative estimate of drug-likeness (QED) is 0.0377. The van der Waals surface area contributed by atoms with Gasteiger partial charge in [0.05, 0.1) is 42.6 Å². The zero-order valence-corrected chi connectivity index (χ0v) is 43.5. The lowest BCUT2D eigenvalue weighted by Crippen LogP contribution is -2.49. The van der Waals surface area contributed by atoms with E-state index in [9.17, 15) is 43.5 Å². The lowest BCUT2D eigenvalue weighted by Gasteiger charge is -2.36. The van der Waals surface area contributed by atoms with E-state index < -0.39 is 158 Å². The molecule has 4 unspecified atom stereocenters. The van der Waals surface area contributed by atoms with Gasteiger partial charge >= 0.3 is 35.8 Å². The second-order valence-corrected chi connectivity index (χ2v) is 26.6. The fourth-order valence-electron chi connectivity index (χ4n) is 5.95. The summed E-state index contributed by atoms with van der Waals surface area (Å²) < 4.78 is 39.9. The molecular formula is C41H57Br4NO17. The van der Waals surface area contributed by atoms with Crippen molar-refractivity contribution in [3.05, 3.63) is 12.2 Å². The Balaban J connectivity index is 1.89. The number of rotatable bonds is 23. The van der Waals surface area contributed by atoms with Gasteiger partial charge in [-0.05, 0) is 76.2 Å². The van der Waals surface area contributed by atoms with Gasteiger partial charge in [0.1, 0.15) is 67.8 Å². The lowest BCUT2D eigenvalue weighted by molar-refractivity contribution is -0.222. The summed E-state index contributed by atoms with van der Waals surface area (Å²) in [5.41, 5.74) is -5.47. The number of aliphatic hydroxyl groups excluding tert-OH is 1. The highest BCUT2D eigenvalue weighted by atomic mass is 79.9. The number of nitrogens with zero attached hydrogens (tertiary/aromatic N) is 1. The molecule has 0 aliphatic carbocycles. The van der Waals surface area contributed by atoms with Crippen molar-refractivity contribution in [1.29, 1.82) is 0 Å². The topological polar surface area (TPSA) is 234 Å². The lowest BCUT2D eigenvalue weighted by atomic mass is 9.85. The summed E-state index contributed by atoms with van der Waals surface area (Å²) in [6, 6.07) is 0. The van der Waals surface area contributed by atoms with Crippen LogP contribution in [-0.4, -0.2) is 146 Å². The van der Waals surface area contributed by atoms with Crippen LogP contribution in [0, 0.1) is 28.1 Å². The molecule has 0 spiro atoms. The van der Waals surface area contributed by atoms with E-state index in [1.54, 1.807) is 12.2 Å². The molecule has 2 saturated heterocycles. The van der Waals surface area contributed by atoms with E-state index >= 15 is 0 Å². The molecule has 3 heterocycles. The van der Waals surface area contributed by atoms with E-state index in [4.69, 9.17) is 37.9 Å². The van der Waals surface area contributed by atoms with Gasteiger partial charge in [0.25, 0.3) is 0 Å². The summed E-state index contributed by atoms with van der Waals surface area (Å²) in [6.07, 6.45) is 0.475. The third-order valence-corrected chi connectivity index (χ3v) is 11.6. The summed E-state index contributed by atoms with van der Waals surface area (Å²) in [7, 11) is 0. The van der Waals surface area contributed by atoms with Crippen LogP contribution >= 0.6 is 63.7 Å². The van der Waals surface area contributed by atoms with Crippen LogP contribution in [0.3, 0.4) is 0 Å². The SMILES string of the molecule is CC(C)(Br)C(=O)OCC(C)(COC(=O)C(C)(C)Br)C(=O)OCC(C)(COC(O)C(C)(COC(=O)C(C)(C)Br)COC(=O)C(C)(C)Br)C(=O)OCCN1C(=O)[C@@H]2C3C=CC(O3)[C@@H]2C1=O. The van der Waals surface area contributed by atoms with Crippen LogP contribution in [-0.2, 0) is 76.3 Å². The zero-order valence-electron chi connectivity index (χ0n) is 37.1. The van der Waals surface area contributed by atoms with Crippen LogP contribution in [0.2, 0.25) is 0 Å². The van der Waals surface area contributed by atoms with Gasteiger partial charge in [0.15, 0.2) is 6.29 Å². The minimum absolute atomic E-state index is 0.305. The van der Waals surface area contributed by atoms with E-state index in [0.29, 0.717) is 0 Å². The molecule has 0 aromatic carbocycles. The molecule has 356 valence electrons. The van der Waals surface area contributed by atoms with Crippen LogP contribution in [0.1, 0.15) is 76.2 Å². The highest BCUT2D eigenvalue weighted by Gasteiger charge is 2.60. The standard InChI is InChI=1S/C41H57Br4NO17/c1-35(2,42)28(49)57-16-40(10,17-58-29(50)36(3,4)43)33(54)61-20-39(9,32(53)56-15-14-46-26(47)24-22-12-13-23(63-22)25(24)27(46)48)21-62-34(55)41(11,18-59-30(51)37(5,6)44)19-60-31(52)38(7,8)45/h12-13,22-25,33,54H,14-21H2,1-11H3/t22?,23?,24-,25+,33?,39?. The first-order valence-electron chi connectivity index (χ1n) is 19.9. The Kier molecular flexibility index (Phi) is 17.9. The van der Waals surface area contributed by atoms with Gasteiger partial charge in [-0.1, -0.05) is 75.9 Å². The van der Waals surface area contributed by atoms with Crippen LogP contribution in [0.4, 0.5) is 0 Å². The minimum atomic E-state index is -1.98. The van der Waals surface area contributed by atoms with Gasteiger partial charge < -0.3 is 43.0 Å². The number of imide groups is 1. The van der Waals surface area contributed by atoms with Gasteiger partial charge in [-0.2, -0.15) is 0 Å². The van der Waals surface area contributed by atoms with Crippen molar-refractivity contribution in [2.45, 2.75) is 112 Å². The molecular weight excluding hydrogens is 1100 g/mol. The number of ether oxygens (including phenoxy) is 8. The monoisotopic (exact) mass is 1150 g/mol. The predicted molar refractivity (Wildman–Crippen MR) is 236 cm³/mol. The van der Waals surface area contributed by atoms with Crippen molar-refractivity contribution in [1.82, 2.24) is 4.90 Å². The smallest absolute Gasteiger partial charge is 0.322 e. The summed E-state index contributed by atoms with van der Waals surface area (Å²) in [6.45, 7) is 11.5. The Morgan fingerprint density at radius 1 is 0.556 bits per heavy atom. The van der Waals surface area contributed by atoms with E-state index in [0.717, 1.165) is 4.90 Å². The third kappa shape index (κ3) is 14.0. The molecule has 3 rings (SSSR count). The van der Waals surface area contributed by atoms with Crippen molar-refractivity contribution >= 4 is 111 Å². The van der Waals surface area contributed by atoms with Crippen LogP contribution in [0.25, 0.3) is 0 Å². The number of hydrogen-bond acceptors (Lipinski definition) is 17. The summed E-state index contributed by atoms with van der Waals surface area (Å²) in [4.78, 5) is 106. The molecule has 1 N–H and O–H groups in total. The molecule has 6 atom stereocenters. The number of alkyl halides is 4. The van der Waals surface area contributed by atoms with Crippen molar-refractivity contribution in [3.63, 3.8) is 0 Å². The zero-order chi connectivity index (χ0) is 48.3. The highest BCUT2D eigenvalue weighted by molar-refractivity contribution is 9.10. The number of aliphatic hydroxyl groups is 1. The van der Waals surface area contributed by atoms with Gasteiger partial charge in [-0.3, -0.25) is 43.3 Å². The number of amides is 2. The molecule has 3 aliphatic heterocycles. The summed E-state index contributed by atoms with van der Waals surface area (Å²) in [5.74, 6) is -7.40. The normalized spacial score (nSPS) is 21.6. The summed E-state index contributed by atoms with van der Waals surface area (Å²) >= 11 is 12.8. The molecule has 2 bridgehead atoms. The fourth-order valence-corrected chi connectivity index (χ4v) is 6.41. The number of fused-ring (bicyclic) bond motifs is 5. The predicted octanol–water partition coefficient (Wildman–Crippen LogP) is 4.23. The van der Waals surface area contributed by atoms with Crippen LogP contribution in [0.15, 0.2) is 12.2 Å². The van der Waals surface area contributed by atoms with Crippen molar-refractivity contribution < 1.29 is 81.4 Å². The highest BCUT2D eigenvalue weighted by Crippen LogP contribution is 2.45. The number of carbonyl (C=O) groups excluding carboxylic acids is 8. The third-order valence-electron chi connectivity index (χ3n) is 10.3. The molecule has 22 heteroatoms. The van der Waals surface area contributed by atoms with E-state index in [1.165, 1.54) is 76.2 Å². The molecule has 2 fully saturated rings. The maximum Gasteiger partial charge on any atom is 0.322 e. The largest absolute Gasteiger partial charge is 0.464 e. The Morgan fingerprint density at radius 2 is 0.873 bits per heavy atom. The average molecular weight is 1160 g/mol. The van der Waals surface area contributed by atoms with Crippen molar-refractivity contribution in [2.24, 2.45) is 28.1 Å². The molecule has 3 aliphatic rings. The first kappa shape index (κ1) is 54.8. The van der Waals surface area contributed by atoms with Gasteiger partial charge in [0, 0.05) is 0 Å². The molecule has 0 saturated carbocycles. The maximum atomic E-state index is 14.0. The Hall–Kier alpha value is -2.50. The van der Waals surface area contributed by atoms with Crippen molar-refractivity contribution in [3.8, 4) is 0 Å². The number of esters is 6.